The lowest BCUT2D eigenvalue weighted by atomic mass is 9.94. The summed E-state index contributed by atoms with van der Waals surface area (Å²) in [6, 6.07) is 7.97. The van der Waals surface area contributed by atoms with E-state index in [1.165, 1.54) is 19.3 Å². The third-order valence-electron chi connectivity index (χ3n) is 4.78. The summed E-state index contributed by atoms with van der Waals surface area (Å²) in [5.41, 5.74) is 0.922. The molecular weight excluding hydrogens is 266 g/mol. The van der Waals surface area contributed by atoms with Gasteiger partial charge in [0.2, 0.25) is 11.7 Å². The van der Waals surface area contributed by atoms with Crippen molar-refractivity contribution in [2.45, 2.75) is 25.3 Å². The van der Waals surface area contributed by atoms with Crippen molar-refractivity contribution in [2.24, 2.45) is 11.8 Å². The van der Waals surface area contributed by atoms with Gasteiger partial charge in [-0.1, -0.05) is 23.7 Å². The fraction of sp³-hybridized carbons (Fsp3) is 0.500. The van der Waals surface area contributed by atoms with Crippen molar-refractivity contribution in [3.05, 3.63) is 30.2 Å². The van der Waals surface area contributed by atoms with E-state index in [4.69, 9.17) is 9.26 Å². The lowest BCUT2D eigenvalue weighted by molar-refractivity contribution is 0.302. The Hall–Kier alpha value is -1.88. The van der Waals surface area contributed by atoms with Gasteiger partial charge in [0, 0.05) is 5.56 Å². The zero-order valence-electron chi connectivity index (χ0n) is 12.1. The molecule has 21 heavy (non-hydrogen) atoms. The number of methoxy groups -OCH3 is 1. The molecule has 1 saturated carbocycles. The van der Waals surface area contributed by atoms with Crippen LogP contribution >= 0.6 is 0 Å². The molecule has 3 atom stereocenters. The molecule has 1 aromatic carbocycles. The molecule has 2 aliphatic rings. The molecule has 0 amide bonds. The molecule has 1 N–H and O–H groups in total. The van der Waals surface area contributed by atoms with Gasteiger partial charge in [0.1, 0.15) is 5.75 Å². The van der Waals surface area contributed by atoms with Gasteiger partial charge in [-0.3, -0.25) is 0 Å². The van der Waals surface area contributed by atoms with Gasteiger partial charge in [0.15, 0.2) is 0 Å². The molecule has 110 valence electrons. The van der Waals surface area contributed by atoms with E-state index in [0.717, 1.165) is 29.7 Å². The summed E-state index contributed by atoms with van der Waals surface area (Å²) in [6.07, 6.45) is 3.91. The molecule has 0 radical (unpaired) electrons. The molecule has 1 aliphatic heterocycles. The number of nitrogens with zero attached hydrogens (tertiary/aromatic N) is 2. The number of hydrogen-bond acceptors (Lipinski definition) is 5. The monoisotopic (exact) mass is 285 g/mol. The van der Waals surface area contributed by atoms with Crippen molar-refractivity contribution in [3.8, 4) is 17.1 Å². The molecule has 4 rings (SSSR count). The van der Waals surface area contributed by atoms with Crippen LogP contribution in [0.3, 0.4) is 0 Å². The molecule has 3 unspecified atom stereocenters. The summed E-state index contributed by atoms with van der Waals surface area (Å²) >= 11 is 0. The highest BCUT2D eigenvalue weighted by Crippen LogP contribution is 2.44. The lowest BCUT2D eigenvalue weighted by Gasteiger charge is -2.13. The van der Waals surface area contributed by atoms with E-state index >= 15 is 0 Å². The average Bonchev–Trinajstić information content (AvgIpc) is 3.23. The SMILES string of the molecule is COc1cccc(-c2noc(C3NCC4CCCC43)n2)c1. The largest absolute Gasteiger partial charge is 0.497 e. The topological polar surface area (TPSA) is 60.2 Å². The Morgan fingerprint density at radius 3 is 3.19 bits per heavy atom. The van der Waals surface area contributed by atoms with Crippen LogP contribution in [0.2, 0.25) is 0 Å². The number of rotatable bonds is 3. The number of nitrogens with one attached hydrogen (secondary N) is 1. The molecule has 5 heteroatoms. The van der Waals surface area contributed by atoms with Crippen molar-refractivity contribution >= 4 is 0 Å². The zero-order chi connectivity index (χ0) is 14.2. The van der Waals surface area contributed by atoms with Crippen LogP contribution in [0.15, 0.2) is 28.8 Å². The maximum absolute atomic E-state index is 5.52. The maximum atomic E-state index is 5.52. The summed E-state index contributed by atoms with van der Waals surface area (Å²) in [7, 11) is 1.66. The molecule has 1 aliphatic carbocycles. The zero-order valence-corrected chi connectivity index (χ0v) is 12.1. The fourth-order valence-corrected chi connectivity index (χ4v) is 3.70. The lowest BCUT2D eigenvalue weighted by Crippen LogP contribution is -2.18. The third kappa shape index (κ3) is 2.21. The normalized spacial score (nSPS) is 27.8. The minimum Gasteiger partial charge on any atom is -0.497 e. The van der Waals surface area contributed by atoms with Crippen LogP contribution < -0.4 is 10.1 Å². The van der Waals surface area contributed by atoms with Crippen molar-refractivity contribution in [2.75, 3.05) is 13.7 Å². The number of ether oxygens (including phenoxy) is 1. The van der Waals surface area contributed by atoms with Crippen LogP contribution in [-0.2, 0) is 0 Å². The Bertz CT molecular complexity index is 640. The fourth-order valence-electron chi connectivity index (χ4n) is 3.70. The Balaban J connectivity index is 1.60. The minimum absolute atomic E-state index is 0.226. The first kappa shape index (κ1) is 12.8. The highest BCUT2D eigenvalue weighted by Gasteiger charge is 2.42. The van der Waals surface area contributed by atoms with Crippen LogP contribution in [0, 0.1) is 11.8 Å². The Morgan fingerprint density at radius 2 is 2.29 bits per heavy atom. The average molecular weight is 285 g/mol. The van der Waals surface area contributed by atoms with Gasteiger partial charge in [-0.15, -0.1) is 0 Å². The number of benzene rings is 1. The predicted molar refractivity (Wildman–Crippen MR) is 77.9 cm³/mol. The van der Waals surface area contributed by atoms with E-state index in [0.29, 0.717) is 11.7 Å². The molecular formula is C16H19N3O2. The first-order valence-corrected chi connectivity index (χ1v) is 7.56. The summed E-state index contributed by atoms with van der Waals surface area (Å²) in [4.78, 5) is 4.60. The van der Waals surface area contributed by atoms with Gasteiger partial charge in [0.05, 0.1) is 13.2 Å². The van der Waals surface area contributed by atoms with Crippen molar-refractivity contribution in [3.63, 3.8) is 0 Å². The predicted octanol–water partition coefficient (Wildman–Crippen LogP) is 2.81. The molecule has 5 nitrogen and oxygen atoms in total. The molecule has 1 saturated heterocycles. The van der Waals surface area contributed by atoms with Crippen LogP contribution in [0.25, 0.3) is 11.4 Å². The number of aromatic nitrogens is 2. The summed E-state index contributed by atoms with van der Waals surface area (Å²) in [5, 5.41) is 7.68. The maximum Gasteiger partial charge on any atom is 0.244 e. The second-order valence-electron chi connectivity index (χ2n) is 5.93. The van der Waals surface area contributed by atoms with Crippen LogP contribution in [-0.4, -0.2) is 23.8 Å². The van der Waals surface area contributed by atoms with Crippen LogP contribution in [0.5, 0.6) is 5.75 Å². The Kier molecular flexibility index (Phi) is 3.15. The van der Waals surface area contributed by atoms with E-state index in [9.17, 15) is 0 Å². The van der Waals surface area contributed by atoms with E-state index in [1.54, 1.807) is 7.11 Å². The quantitative estimate of drug-likeness (QED) is 0.939. The highest BCUT2D eigenvalue weighted by molar-refractivity contribution is 5.56. The molecule has 0 bridgehead atoms. The van der Waals surface area contributed by atoms with Crippen molar-refractivity contribution in [1.29, 1.82) is 0 Å². The second kappa shape index (κ2) is 5.15. The number of fused-ring (bicyclic) bond motifs is 1. The molecule has 2 heterocycles. The van der Waals surface area contributed by atoms with Gasteiger partial charge in [-0.2, -0.15) is 4.98 Å². The van der Waals surface area contributed by atoms with E-state index in [2.05, 4.69) is 15.5 Å². The molecule has 0 spiro atoms. The second-order valence-corrected chi connectivity index (χ2v) is 5.93. The van der Waals surface area contributed by atoms with Gasteiger partial charge < -0.3 is 14.6 Å². The highest BCUT2D eigenvalue weighted by atomic mass is 16.5. The Labute approximate surface area is 123 Å². The molecule has 1 aromatic heterocycles. The summed E-state index contributed by atoms with van der Waals surface area (Å²) in [6.45, 7) is 1.08. The van der Waals surface area contributed by atoms with E-state index < -0.39 is 0 Å². The van der Waals surface area contributed by atoms with Gasteiger partial charge in [0.25, 0.3) is 0 Å². The van der Waals surface area contributed by atoms with Gasteiger partial charge in [-0.05, 0) is 43.4 Å². The Morgan fingerprint density at radius 1 is 1.33 bits per heavy atom. The van der Waals surface area contributed by atoms with Crippen molar-refractivity contribution in [1.82, 2.24) is 15.5 Å². The standard InChI is InChI=1S/C16H19N3O2/c1-20-12-6-2-4-10(8-12)15-18-16(21-19-15)14-13-7-3-5-11(13)9-17-14/h2,4,6,8,11,13-14,17H,3,5,7,9H2,1H3. The first-order chi connectivity index (χ1) is 10.3. The summed E-state index contributed by atoms with van der Waals surface area (Å²) < 4.78 is 10.8. The smallest absolute Gasteiger partial charge is 0.244 e. The first-order valence-electron chi connectivity index (χ1n) is 7.56. The van der Waals surface area contributed by atoms with E-state index in [1.807, 2.05) is 24.3 Å². The van der Waals surface area contributed by atoms with E-state index in [-0.39, 0.29) is 6.04 Å². The minimum atomic E-state index is 0.226. The third-order valence-corrected chi connectivity index (χ3v) is 4.78. The van der Waals surface area contributed by atoms with Gasteiger partial charge in [-0.25, -0.2) is 0 Å². The van der Waals surface area contributed by atoms with Crippen LogP contribution in [0.1, 0.15) is 31.2 Å². The molecule has 2 fully saturated rings. The summed E-state index contributed by atoms with van der Waals surface area (Å²) in [5.74, 6) is 3.59. The van der Waals surface area contributed by atoms with Crippen molar-refractivity contribution < 1.29 is 9.26 Å². The van der Waals surface area contributed by atoms with Crippen LogP contribution in [0.4, 0.5) is 0 Å². The molecule has 2 aromatic rings. The number of hydrogen-bond donors (Lipinski definition) is 1. The van der Waals surface area contributed by atoms with Gasteiger partial charge >= 0.3 is 0 Å².